The van der Waals surface area contributed by atoms with Gasteiger partial charge in [-0.1, -0.05) is 6.07 Å². The van der Waals surface area contributed by atoms with Gasteiger partial charge in [-0.3, -0.25) is 0 Å². The van der Waals surface area contributed by atoms with Crippen LogP contribution in [0.5, 0.6) is 0 Å². The Kier molecular flexibility index (Phi) is 5.72. The molecule has 0 spiro atoms. The lowest BCUT2D eigenvalue weighted by Gasteiger charge is -2.23. The molecule has 0 amide bonds. The van der Waals surface area contributed by atoms with Crippen LogP contribution in [-0.2, 0) is 26.0 Å². The quantitative estimate of drug-likeness (QED) is 0.795. The highest BCUT2D eigenvalue weighted by Crippen LogP contribution is 2.15. The van der Waals surface area contributed by atoms with E-state index in [0.29, 0.717) is 26.4 Å². The molecule has 1 heterocycles. The van der Waals surface area contributed by atoms with Crippen molar-refractivity contribution >= 4 is 10.0 Å². The van der Waals surface area contributed by atoms with Crippen LogP contribution in [0.2, 0.25) is 0 Å². The van der Waals surface area contributed by atoms with Gasteiger partial charge in [-0.2, -0.15) is 0 Å². The molecule has 1 unspecified atom stereocenters. The van der Waals surface area contributed by atoms with Gasteiger partial charge in [0.1, 0.15) is 0 Å². The smallest absolute Gasteiger partial charge is 0.240 e. The normalized spacial score (nSPS) is 19.6. The van der Waals surface area contributed by atoms with E-state index in [-0.39, 0.29) is 17.5 Å². The van der Waals surface area contributed by atoms with Gasteiger partial charge in [0.05, 0.1) is 30.8 Å². The van der Waals surface area contributed by atoms with Gasteiger partial charge >= 0.3 is 0 Å². The summed E-state index contributed by atoms with van der Waals surface area (Å²) in [5, 5.41) is 3.04. The Hall–Kier alpha value is -0.990. The van der Waals surface area contributed by atoms with Crippen molar-refractivity contribution in [2.45, 2.75) is 24.5 Å². The van der Waals surface area contributed by atoms with Gasteiger partial charge in [0.2, 0.25) is 10.0 Å². The molecule has 1 aromatic rings. The monoisotopic (exact) mass is 314 g/mol. The Morgan fingerprint density at radius 3 is 2.81 bits per heavy atom. The van der Waals surface area contributed by atoms with E-state index in [2.05, 4.69) is 10.0 Å². The minimum atomic E-state index is -3.53. The lowest BCUT2D eigenvalue weighted by atomic mass is 10.1. The maximum atomic E-state index is 12.3. The number of sulfonamides is 1. The summed E-state index contributed by atoms with van der Waals surface area (Å²) in [6.45, 7) is 4.30. The lowest BCUT2D eigenvalue weighted by molar-refractivity contribution is -0.0846. The maximum Gasteiger partial charge on any atom is 0.240 e. The number of benzene rings is 1. The molecule has 0 aromatic heterocycles. The van der Waals surface area contributed by atoms with E-state index in [0.717, 1.165) is 11.1 Å². The minimum absolute atomic E-state index is 0.220. The largest absolute Gasteiger partial charge is 0.376 e. The highest BCUT2D eigenvalue weighted by atomic mass is 32.2. The fourth-order valence-corrected chi connectivity index (χ4v) is 3.25. The molecule has 1 atom stereocenters. The number of aryl methyl sites for hydroxylation is 1. The van der Waals surface area contributed by atoms with Gasteiger partial charge in [-0.25, -0.2) is 13.1 Å². The molecule has 1 aliphatic heterocycles. The van der Waals surface area contributed by atoms with E-state index in [1.165, 1.54) is 0 Å². The summed E-state index contributed by atoms with van der Waals surface area (Å²) < 4.78 is 37.9. The Labute approximate surface area is 125 Å². The molecule has 2 rings (SSSR count). The third kappa shape index (κ3) is 4.49. The van der Waals surface area contributed by atoms with Crippen LogP contribution in [0.4, 0.5) is 0 Å². The highest BCUT2D eigenvalue weighted by Gasteiger charge is 2.20. The molecule has 1 aliphatic rings. The van der Waals surface area contributed by atoms with Crippen LogP contribution < -0.4 is 10.0 Å². The number of rotatable bonds is 6. The van der Waals surface area contributed by atoms with Crippen LogP contribution in [0.15, 0.2) is 23.1 Å². The summed E-state index contributed by atoms with van der Waals surface area (Å²) >= 11 is 0. The van der Waals surface area contributed by atoms with E-state index in [1.807, 2.05) is 20.0 Å². The fraction of sp³-hybridized carbons (Fsp3) is 0.571. The molecular weight excluding hydrogens is 292 g/mol. The van der Waals surface area contributed by atoms with E-state index in [1.54, 1.807) is 12.1 Å². The SMILES string of the molecule is CNCc1cc(S(=O)(=O)NCC2COCCO2)ccc1C. The van der Waals surface area contributed by atoms with Crippen molar-refractivity contribution in [1.82, 2.24) is 10.0 Å². The predicted octanol–water partition coefficient (Wildman–Crippen LogP) is 0.408. The molecule has 0 bridgehead atoms. The average Bonchev–Trinajstić information content (AvgIpc) is 2.49. The predicted molar refractivity (Wildman–Crippen MR) is 79.7 cm³/mol. The number of hydrogen-bond donors (Lipinski definition) is 2. The Morgan fingerprint density at radius 2 is 2.14 bits per heavy atom. The molecule has 7 heteroatoms. The van der Waals surface area contributed by atoms with Crippen LogP contribution in [0.25, 0.3) is 0 Å². The second-order valence-corrected chi connectivity index (χ2v) is 6.81. The zero-order valence-electron chi connectivity index (χ0n) is 12.4. The van der Waals surface area contributed by atoms with Crippen LogP contribution in [0.1, 0.15) is 11.1 Å². The third-order valence-corrected chi connectivity index (χ3v) is 4.81. The summed E-state index contributed by atoms with van der Waals surface area (Å²) in [5.41, 5.74) is 2.03. The average molecular weight is 314 g/mol. The fourth-order valence-electron chi connectivity index (χ4n) is 2.14. The number of nitrogens with one attached hydrogen (secondary N) is 2. The van der Waals surface area contributed by atoms with Crippen molar-refractivity contribution in [3.8, 4) is 0 Å². The molecule has 1 saturated heterocycles. The van der Waals surface area contributed by atoms with Gasteiger partial charge in [-0.15, -0.1) is 0 Å². The van der Waals surface area contributed by atoms with Crippen molar-refractivity contribution < 1.29 is 17.9 Å². The standard InChI is InChI=1S/C14H22N2O4S/c1-11-3-4-14(7-12(11)8-15-2)21(17,18)16-9-13-10-19-5-6-20-13/h3-4,7,13,15-16H,5-6,8-10H2,1-2H3. The van der Waals surface area contributed by atoms with E-state index in [9.17, 15) is 8.42 Å². The maximum absolute atomic E-state index is 12.3. The second kappa shape index (κ2) is 7.33. The first-order valence-corrected chi connectivity index (χ1v) is 8.44. The molecule has 21 heavy (non-hydrogen) atoms. The van der Waals surface area contributed by atoms with Gasteiger partial charge < -0.3 is 14.8 Å². The molecule has 118 valence electrons. The topological polar surface area (TPSA) is 76.7 Å². The van der Waals surface area contributed by atoms with Crippen LogP contribution in [0, 0.1) is 6.92 Å². The minimum Gasteiger partial charge on any atom is -0.376 e. The summed E-state index contributed by atoms with van der Waals surface area (Å²) in [5.74, 6) is 0. The highest BCUT2D eigenvalue weighted by molar-refractivity contribution is 7.89. The molecule has 2 N–H and O–H groups in total. The van der Waals surface area contributed by atoms with Gasteiger partial charge in [0.25, 0.3) is 0 Å². The molecule has 6 nitrogen and oxygen atoms in total. The van der Waals surface area contributed by atoms with Crippen molar-refractivity contribution in [1.29, 1.82) is 0 Å². The molecule has 0 radical (unpaired) electrons. The number of ether oxygens (including phenoxy) is 2. The van der Waals surface area contributed by atoms with Gasteiger partial charge in [-0.05, 0) is 37.2 Å². The molecule has 1 aromatic carbocycles. The zero-order valence-corrected chi connectivity index (χ0v) is 13.2. The molecule has 1 fully saturated rings. The lowest BCUT2D eigenvalue weighted by Crippen LogP contribution is -2.39. The zero-order chi connectivity index (χ0) is 15.3. The summed E-state index contributed by atoms with van der Waals surface area (Å²) in [6, 6.07) is 5.14. The molecular formula is C14H22N2O4S. The Bertz CT molecular complexity index is 568. The summed E-state index contributed by atoms with van der Waals surface area (Å²) in [6.07, 6.45) is -0.226. The van der Waals surface area contributed by atoms with E-state index >= 15 is 0 Å². The van der Waals surface area contributed by atoms with Crippen molar-refractivity contribution in [3.05, 3.63) is 29.3 Å². The Morgan fingerprint density at radius 1 is 1.33 bits per heavy atom. The van der Waals surface area contributed by atoms with Crippen molar-refractivity contribution in [2.24, 2.45) is 0 Å². The number of hydrogen-bond acceptors (Lipinski definition) is 5. The first-order valence-electron chi connectivity index (χ1n) is 6.96. The van der Waals surface area contributed by atoms with Crippen LogP contribution >= 0.6 is 0 Å². The second-order valence-electron chi connectivity index (χ2n) is 5.04. The van der Waals surface area contributed by atoms with Crippen molar-refractivity contribution in [2.75, 3.05) is 33.4 Å². The van der Waals surface area contributed by atoms with Crippen LogP contribution in [-0.4, -0.2) is 47.9 Å². The molecule has 0 saturated carbocycles. The Balaban J connectivity index is 2.06. The first-order chi connectivity index (χ1) is 10.0. The van der Waals surface area contributed by atoms with Gasteiger partial charge in [0, 0.05) is 13.1 Å². The van der Waals surface area contributed by atoms with E-state index in [4.69, 9.17) is 9.47 Å². The first kappa shape index (κ1) is 16.4. The summed E-state index contributed by atoms with van der Waals surface area (Å²) in [4.78, 5) is 0.273. The third-order valence-electron chi connectivity index (χ3n) is 3.38. The van der Waals surface area contributed by atoms with Gasteiger partial charge in [0.15, 0.2) is 0 Å². The summed E-state index contributed by atoms with van der Waals surface area (Å²) in [7, 11) is -1.70. The van der Waals surface area contributed by atoms with Crippen molar-refractivity contribution in [3.63, 3.8) is 0 Å². The molecule has 0 aliphatic carbocycles. The van der Waals surface area contributed by atoms with E-state index < -0.39 is 10.0 Å². The van der Waals surface area contributed by atoms with Crippen LogP contribution in [0.3, 0.4) is 0 Å².